The average molecular weight is 884 g/mol. The predicted octanol–water partition coefficient (Wildman–Crippen LogP) is 15.6. The normalized spacial score (nSPS) is 14.3. The Bertz CT molecular complexity index is 1080. The summed E-state index contributed by atoms with van der Waals surface area (Å²) >= 11 is 0. The summed E-state index contributed by atoms with van der Waals surface area (Å²) < 4.78 is 0. The zero-order valence-corrected chi connectivity index (χ0v) is 41.6. The average Bonchev–Trinajstić information content (AvgIpc) is 3.29. The molecule has 0 saturated carbocycles. The third-order valence-corrected chi connectivity index (χ3v) is 12.4. The number of hydrogen-bond donors (Lipinski definition) is 5. The molecule has 0 aliphatic carbocycles. The van der Waals surface area contributed by atoms with Crippen molar-refractivity contribution in [3.05, 3.63) is 60.8 Å². The van der Waals surface area contributed by atoms with Crippen molar-refractivity contribution in [3.8, 4) is 0 Å². The van der Waals surface area contributed by atoms with E-state index >= 15 is 0 Å². The molecule has 4 atom stereocenters. The number of aliphatic hydroxyl groups excluding tert-OH is 4. The molecule has 0 bridgehead atoms. The minimum atomic E-state index is -1.30. The summed E-state index contributed by atoms with van der Waals surface area (Å²) in [5, 5.41) is 43.9. The number of rotatable bonds is 49. The van der Waals surface area contributed by atoms with Gasteiger partial charge in [0.05, 0.1) is 18.8 Å². The Labute approximate surface area is 391 Å². The van der Waals surface area contributed by atoms with Crippen LogP contribution < -0.4 is 5.32 Å². The summed E-state index contributed by atoms with van der Waals surface area (Å²) in [6.07, 6.45) is 65.6. The molecule has 0 aliphatic heterocycles. The topological polar surface area (TPSA) is 110 Å². The van der Waals surface area contributed by atoms with Crippen LogP contribution in [0.5, 0.6) is 0 Å². The van der Waals surface area contributed by atoms with Crippen molar-refractivity contribution < 1.29 is 25.2 Å². The summed E-state index contributed by atoms with van der Waals surface area (Å²) in [5.41, 5.74) is 0. The minimum absolute atomic E-state index is 0.355. The largest absolute Gasteiger partial charge is 0.394 e. The van der Waals surface area contributed by atoms with Gasteiger partial charge in [0.1, 0.15) is 12.2 Å². The number of carbonyl (C=O) groups is 1. The van der Waals surface area contributed by atoms with Crippen LogP contribution in [0.2, 0.25) is 0 Å². The fourth-order valence-electron chi connectivity index (χ4n) is 8.11. The Morgan fingerprint density at radius 1 is 0.397 bits per heavy atom. The maximum Gasteiger partial charge on any atom is 0.249 e. The summed E-state index contributed by atoms with van der Waals surface area (Å²) in [5.74, 6) is -0.601. The van der Waals surface area contributed by atoms with Gasteiger partial charge in [-0.3, -0.25) is 4.79 Å². The van der Waals surface area contributed by atoms with Gasteiger partial charge in [-0.05, 0) is 96.3 Å². The molecule has 368 valence electrons. The maximum atomic E-state index is 12.6. The van der Waals surface area contributed by atoms with E-state index in [9.17, 15) is 25.2 Å². The van der Waals surface area contributed by atoms with E-state index in [4.69, 9.17) is 0 Å². The van der Waals surface area contributed by atoms with Gasteiger partial charge < -0.3 is 25.7 Å². The number of allylic oxidation sites excluding steroid dienone is 10. The molecule has 0 aromatic carbocycles. The van der Waals surface area contributed by atoms with Gasteiger partial charge in [0, 0.05) is 0 Å². The number of nitrogens with one attached hydrogen (secondary N) is 1. The third-order valence-electron chi connectivity index (χ3n) is 12.4. The van der Waals surface area contributed by atoms with E-state index < -0.39 is 36.9 Å². The standard InChI is InChI=1S/C57H105NO5/c1-3-5-7-9-11-13-15-17-19-21-23-24-25-26-27-28-29-30-31-33-35-37-39-41-43-45-47-49-51-55(61)57(63)58-53(52-59)56(62)54(60)50-48-46-44-42-40-38-36-34-32-22-20-18-16-14-12-10-8-6-4-2/h18,20,23-24,26-27,34,36,42,44,53-56,59-62H,3-17,19,21-22,25,28-33,35,37-41,43,45-52H2,1-2H3,(H,58,63)/b20-18+,24-23-,27-26-,36-34+,44-42+. The van der Waals surface area contributed by atoms with Gasteiger partial charge in [0.15, 0.2) is 0 Å². The Morgan fingerprint density at radius 3 is 1.10 bits per heavy atom. The lowest BCUT2D eigenvalue weighted by Crippen LogP contribution is -2.53. The van der Waals surface area contributed by atoms with Crippen LogP contribution in [0.1, 0.15) is 264 Å². The number of amides is 1. The number of unbranched alkanes of at least 4 members (excludes halogenated alkanes) is 30. The monoisotopic (exact) mass is 884 g/mol. The minimum Gasteiger partial charge on any atom is -0.394 e. The molecule has 0 aliphatic rings. The molecule has 0 heterocycles. The second kappa shape index (κ2) is 51.0. The first-order chi connectivity index (χ1) is 31.0. The second-order valence-corrected chi connectivity index (χ2v) is 18.5. The Balaban J connectivity index is 3.72. The van der Waals surface area contributed by atoms with Gasteiger partial charge in [-0.25, -0.2) is 0 Å². The van der Waals surface area contributed by atoms with Crippen LogP contribution in [0.25, 0.3) is 0 Å². The summed E-state index contributed by atoms with van der Waals surface area (Å²) in [7, 11) is 0. The van der Waals surface area contributed by atoms with Crippen LogP contribution in [0.3, 0.4) is 0 Å². The van der Waals surface area contributed by atoms with Crippen molar-refractivity contribution in [2.45, 2.75) is 289 Å². The summed E-state index contributed by atoms with van der Waals surface area (Å²) in [6, 6.07) is -1.01. The molecule has 6 nitrogen and oxygen atoms in total. The summed E-state index contributed by atoms with van der Waals surface area (Å²) in [6.45, 7) is 4.04. The molecule has 0 aromatic heterocycles. The van der Waals surface area contributed by atoms with Crippen molar-refractivity contribution in [1.29, 1.82) is 0 Å². The van der Waals surface area contributed by atoms with Crippen molar-refractivity contribution in [3.63, 3.8) is 0 Å². The van der Waals surface area contributed by atoms with Crippen molar-refractivity contribution in [2.24, 2.45) is 0 Å². The van der Waals surface area contributed by atoms with Crippen LogP contribution in [-0.2, 0) is 4.79 Å². The van der Waals surface area contributed by atoms with Crippen molar-refractivity contribution in [1.82, 2.24) is 5.32 Å². The van der Waals surface area contributed by atoms with E-state index in [0.717, 1.165) is 57.8 Å². The molecule has 63 heavy (non-hydrogen) atoms. The molecule has 4 unspecified atom stereocenters. The number of hydrogen-bond acceptors (Lipinski definition) is 5. The molecular formula is C57H105NO5. The molecule has 0 aromatic rings. The van der Waals surface area contributed by atoms with Crippen molar-refractivity contribution >= 4 is 5.91 Å². The zero-order valence-electron chi connectivity index (χ0n) is 41.6. The first kappa shape index (κ1) is 61.0. The van der Waals surface area contributed by atoms with E-state index in [2.05, 4.69) is 79.9 Å². The van der Waals surface area contributed by atoms with Gasteiger partial charge in [0.25, 0.3) is 0 Å². The molecule has 0 fully saturated rings. The van der Waals surface area contributed by atoms with Crippen LogP contribution in [0.4, 0.5) is 0 Å². The number of aliphatic hydroxyl groups is 4. The number of carbonyl (C=O) groups excluding carboxylic acids is 1. The fraction of sp³-hybridized carbons (Fsp3) is 0.807. The van der Waals surface area contributed by atoms with E-state index in [1.807, 2.05) is 0 Å². The second-order valence-electron chi connectivity index (χ2n) is 18.5. The zero-order chi connectivity index (χ0) is 45.9. The molecular weight excluding hydrogens is 779 g/mol. The lowest BCUT2D eigenvalue weighted by Gasteiger charge is -2.27. The maximum absolute atomic E-state index is 12.6. The highest BCUT2D eigenvalue weighted by molar-refractivity contribution is 5.80. The van der Waals surface area contributed by atoms with Gasteiger partial charge in [-0.15, -0.1) is 0 Å². The van der Waals surface area contributed by atoms with E-state index in [1.165, 1.54) is 173 Å². The van der Waals surface area contributed by atoms with Gasteiger partial charge >= 0.3 is 0 Å². The molecule has 0 spiro atoms. The first-order valence-electron chi connectivity index (χ1n) is 27.2. The Hall–Kier alpha value is -1.99. The molecule has 6 heteroatoms. The lowest BCUT2D eigenvalue weighted by molar-refractivity contribution is -0.132. The van der Waals surface area contributed by atoms with Crippen LogP contribution >= 0.6 is 0 Å². The van der Waals surface area contributed by atoms with Gasteiger partial charge in [0.2, 0.25) is 5.91 Å². The predicted molar refractivity (Wildman–Crippen MR) is 274 cm³/mol. The molecule has 0 radical (unpaired) electrons. The van der Waals surface area contributed by atoms with Crippen LogP contribution in [0.15, 0.2) is 60.8 Å². The van der Waals surface area contributed by atoms with E-state index in [1.54, 1.807) is 0 Å². The third kappa shape index (κ3) is 45.0. The van der Waals surface area contributed by atoms with E-state index in [0.29, 0.717) is 19.3 Å². The highest BCUT2D eigenvalue weighted by Crippen LogP contribution is 2.16. The quantitative estimate of drug-likeness (QED) is 0.0309. The molecule has 0 rings (SSSR count). The van der Waals surface area contributed by atoms with Crippen molar-refractivity contribution in [2.75, 3.05) is 6.61 Å². The molecule has 0 saturated heterocycles. The molecule has 5 N–H and O–H groups in total. The highest BCUT2D eigenvalue weighted by atomic mass is 16.3. The lowest BCUT2D eigenvalue weighted by atomic mass is 10.00. The Kier molecular flexibility index (Phi) is 49.4. The van der Waals surface area contributed by atoms with Crippen LogP contribution in [-0.4, -0.2) is 57.3 Å². The summed E-state index contributed by atoms with van der Waals surface area (Å²) in [4.78, 5) is 12.6. The Morgan fingerprint density at radius 2 is 0.714 bits per heavy atom. The highest BCUT2D eigenvalue weighted by Gasteiger charge is 2.28. The van der Waals surface area contributed by atoms with E-state index in [-0.39, 0.29) is 0 Å². The van der Waals surface area contributed by atoms with Gasteiger partial charge in [-0.2, -0.15) is 0 Å². The fourth-order valence-corrected chi connectivity index (χ4v) is 8.11. The first-order valence-corrected chi connectivity index (χ1v) is 27.2. The smallest absolute Gasteiger partial charge is 0.249 e. The van der Waals surface area contributed by atoms with Gasteiger partial charge in [-0.1, -0.05) is 229 Å². The molecule has 1 amide bonds. The van der Waals surface area contributed by atoms with Crippen LogP contribution in [0, 0.1) is 0 Å². The SMILES string of the molecule is CCCCCCCC/C=C/CC/C=C/CC/C=C/CCCC(O)C(O)C(CO)NC(=O)C(O)CCCCCCCCCCCCCC/C=C\C/C=C\CCCCCCCCCCC.